The molecule has 0 aliphatic carbocycles. The average Bonchev–Trinajstić information content (AvgIpc) is 3.24. The lowest BCUT2D eigenvalue weighted by molar-refractivity contribution is -0.0566. The smallest absolute Gasteiger partial charge is 0.296 e. The minimum atomic E-state index is -0.884. The number of carbonyl (C=O) groups is 1. The largest absolute Gasteiger partial charge is 0.501 e. The van der Waals surface area contributed by atoms with Gasteiger partial charge in [0.15, 0.2) is 5.69 Å². The number of aromatic hydroxyl groups is 1. The molecule has 1 aliphatic heterocycles. The number of aromatic amines is 1. The summed E-state index contributed by atoms with van der Waals surface area (Å²) < 4.78 is 20.7. The molecular weight excluding hydrogens is 393 g/mol. The zero-order valence-corrected chi connectivity index (χ0v) is 16.4. The van der Waals surface area contributed by atoms with Gasteiger partial charge in [0.05, 0.1) is 18.8 Å². The lowest BCUT2D eigenvalue weighted by Gasteiger charge is -2.32. The summed E-state index contributed by atoms with van der Waals surface area (Å²) in [6.45, 7) is 4.03. The maximum atomic E-state index is 13.7. The number of hydrogen-bond donors (Lipinski definition) is 3. The Kier molecular flexibility index (Phi) is 4.86. The van der Waals surface area contributed by atoms with E-state index >= 15 is 0 Å². The molecule has 0 atom stereocenters. The summed E-state index contributed by atoms with van der Waals surface area (Å²) in [4.78, 5) is 29.5. The van der Waals surface area contributed by atoms with E-state index in [1.165, 1.54) is 29.0 Å². The first-order chi connectivity index (χ1) is 14.3. The van der Waals surface area contributed by atoms with Gasteiger partial charge in [0, 0.05) is 18.3 Å². The van der Waals surface area contributed by atoms with E-state index in [1.54, 1.807) is 19.9 Å². The van der Waals surface area contributed by atoms with Crippen LogP contribution < -0.4 is 10.9 Å². The van der Waals surface area contributed by atoms with Gasteiger partial charge in [-0.3, -0.25) is 19.3 Å². The lowest BCUT2D eigenvalue weighted by atomic mass is 10.0. The van der Waals surface area contributed by atoms with E-state index < -0.39 is 28.6 Å². The van der Waals surface area contributed by atoms with E-state index in [2.05, 4.69) is 20.5 Å². The summed E-state index contributed by atoms with van der Waals surface area (Å²) in [7, 11) is 0. The number of fused-ring (bicyclic) bond motifs is 1. The number of halogens is 1. The van der Waals surface area contributed by atoms with Crippen LogP contribution in [0.5, 0.6) is 5.75 Å². The number of amides is 1. The average molecular weight is 413 g/mol. The molecule has 0 radical (unpaired) electrons. The predicted molar refractivity (Wildman–Crippen MR) is 104 cm³/mol. The molecule has 3 N–H and O–H groups in total. The van der Waals surface area contributed by atoms with Crippen LogP contribution in [0.1, 0.15) is 35.7 Å². The van der Waals surface area contributed by atoms with Gasteiger partial charge in [-0.2, -0.15) is 5.10 Å². The van der Waals surface area contributed by atoms with Crippen molar-refractivity contribution in [3.05, 3.63) is 63.7 Å². The van der Waals surface area contributed by atoms with Gasteiger partial charge in [0.2, 0.25) is 5.75 Å². The van der Waals surface area contributed by atoms with Gasteiger partial charge in [0.1, 0.15) is 17.2 Å². The molecule has 156 valence electrons. The molecule has 0 spiro atoms. The topological polar surface area (TPSA) is 122 Å². The molecule has 1 aliphatic rings. The Hall–Kier alpha value is -3.53. The Labute approximate surface area is 170 Å². The quantitative estimate of drug-likeness (QED) is 0.598. The highest BCUT2D eigenvalue weighted by Crippen LogP contribution is 2.27. The van der Waals surface area contributed by atoms with Crippen molar-refractivity contribution in [1.29, 1.82) is 0 Å². The number of nitrogens with zero attached hydrogens (tertiary/aromatic N) is 3. The molecule has 3 heterocycles. The van der Waals surface area contributed by atoms with Crippen LogP contribution in [0.3, 0.4) is 0 Å². The molecular formula is C20H20FN5O4. The van der Waals surface area contributed by atoms with Gasteiger partial charge in [-0.05, 0) is 37.6 Å². The van der Waals surface area contributed by atoms with Crippen LogP contribution in [0.25, 0.3) is 11.3 Å². The number of aromatic nitrogens is 4. The number of hydrogen-bond acceptors (Lipinski definition) is 6. The molecule has 1 amide bonds. The standard InChI is InChI=1S/C20H20FN5O4/c1-20(2)19-24-15(16(27)18(29)26(19)7-8-30-20)17(28)22-10-11-3-4-12(21)9-13(11)14-5-6-23-25-14/h3-6,9,27H,7-8,10H2,1-2H3,(H,22,28)(H,23,25). The maximum absolute atomic E-state index is 13.7. The summed E-state index contributed by atoms with van der Waals surface area (Å²) >= 11 is 0. The second-order valence-electron chi connectivity index (χ2n) is 7.40. The fourth-order valence-corrected chi connectivity index (χ4v) is 3.45. The Morgan fingerprint density at radius 2 is 2.20 bits per heavy atom. The third-order valence-electron chi connectivity index (χ3n) is 4.98. The number of H-pyrrole nitrogens is 1. The number of carbonyl (C=O) groups excluding carboxylic acids is 1. The van der Waals surface area contributed by atoms with Crippen molar-refractivity contribution in [2.24, 2.45) is 0 Å². The Balaban J connectivity index is 1.64. The first-order valence-corrected chi connectivity index (χ1v) is 9.32. The van der Waals surface area contributed by atoms with Crippen molar-refractivity contribution in [1.82, 2.24) is 25.1 Å². The van der Waals surface area contributed by atoms with Gasteiger partial charge in [0.25, 0.3) is 11.5 Å². The summed E-state index contributed by atoms with van der Waals surface area (Å²) in [6.07, 6.45) is 1.54. The van der Waals surface area contributed by atoms with Crippen molar-refractivity contribution < 1.29 is 19.0 Å². The maximum Gasteiger partial charge on any atom is 0.296 e. The van der Waals surface area contributed by atoms with Crippen LogP contribution in [-0.2, 0) is 23.4 Å². The van der Waals surface area contributed by atoms with Crippen LogP contribution >= 0.6 is 0 Å². The van der Waals surface area contributed by atoms with E-state index in [0.29, 0.717) is 23.4 Å². The van der Waals surface area contributed by atoms with Crippen LogP contribution in [0.4, 0.5) is 4.39 Å². The molecule has 1 aromatic carbocycles. The molecule has 0 bridgehead atoms. The highest BCUT2D eigenvalue weighted by molar-refractivity contribution is 5.94. The summed E-state index contributed by atoms with van der Waals surface area (Å²) in [5, 5.41) is 19.5. The molecule has 0 saturated carbocycles. The van der Waals surface area contributed by atoms with Crippen LogP contribution in [0.15, 0.2) is 35.3 Å². The van der Waals surface area contributed by atoms with E-state index in [-0.39, 0.29) is 24.6 Å². The van der Waals surface area contributed by atoms with Crippen molar-refractivity contribution in [3.8, 4) is 17.0 Å². The zero-order chi connectivity index (χ0) is 21.5. The molecule has 0 saturated heterocycles. The first kappa shape index (κ1) is 19.8. The van der Waals surface area contributed by atoms with Gasteiger partial charge in [-0.1, -0.05) is 6.07 Å². The van der Waals surface area contributed by atoms with E-state index in [1.807, 2.05) is 0 Å². The fraction of sp³-hybridized carbons (Fsp3) is 0.300. The normalized spacial score (nSPS) is 14.9. The van der Waals surface area contributed by atoms with Gasteiger partial charge in [-0.15, -0.1) is 0 Å². The van der Waals surface area contributed by atoms with Crippen molar-refractivity contribution >= 4 is 5.91 Å². The number of rotatable bonds is 4. The van der Waals surface area contributed by atoms with Crippen molar-refractivity contribution in [2.75, 3.05) is 6.61 Å². The van der Waals surface area contributed by atoms with Crippen LogP contribution in [0, 0.1) is 5.82 Å². The SMILES string of the molecule is CC1(C)OCCn2c1nc(C(=O)NCc1ccc(F)cc1-c1ccn[nH]1)c(O)c2=O. The van der Waals surface area contributed by atoms with E-state index in [4.69, 9.17) is 4.74 Å². The van der Waals surface area contributed by atoms with Crippen molar-refractivity contribution in [3.63, 3.8) is 0 Å². The second kappa shape index (κ2) is 7.38. The lowest BCUT2D eigenvalue weighted by Crippen LogP contribution is -2.42. The second-order valence-corrected chi connectivity index (χ2v) is 7.40. The zero-order valence-electron chi connectivity index (χ0n) is 16.4. The Bertz CT molecular complexity index is 1170. The van der Waals surface area contributed by atoms with Crippen molar-refractivity contribution in [2.45, 2.75) is 32.5 Å². The number of ether oxygens (including phenoxy) is 1. The Morgan fingerprint density at radius 3 is 2.93 bits per heavy atom. The van der Waals surface area contributed by atoms with Crippen LogP contribution in [-0.4, -0.2) is 37.4 Å². The number of nitrogens with one attached hydrogen (secondary N) is 2. The Morgan fingerprint density at radius 1 is 1.40 bits per heavy atom. The first-order valence-electron chi connectivity index (χ1n) is 9.32. The van der Waals surface area contributed by atoms with E-state index in [9.17, 15) is 19.1 Å². The minimum absolute atomic E-state index is 0.0207. The third kappa shape index (κ3) is 3.45. The highest BCUT2D eigenvalue weighted by Gasteiger charge is 2.34. The number of benzene rings is 1. The summed E-state index contributed by atoms with van der Waals surface area (Å²) in [5.74, 6) is -1.61. The van der Waals surface area contributed by atoms with Gasteiger partial charge < -0.3 is 15.2 Å². The predicted octanol–water partition coefficient (Wildman–Crippen LogP) is 1.67. The van der Waals surface area contributed by atoms with E-state index in [0.717, 1.165) is 0 Å². The highest BCUT2D eigenvalue weighted by atomic mass is 19.1. The van der Waals surface area contributed by atoms with Crippen LogP contribution in [0.2, 0.25) is 0 Å². The molecule has 0 fully saturated rings. The molecule has 30 heavy (non-hydrogen) atoms. The fourth-order valence-electron chi connectivity index (χ4n) is 3.45. The molecule has 10 heteroatoms. The minimum Gasteiger partial charge on any atom is -0.501 e. The summed E-state index contributed by atoms with van der Waals surface area (Å²) in [6, 6.07) is 5.83. The van der Waals surface area contributed by atoms with Gasteiger partial charge >= 0.3 is 0 Å². The molecule has 3 aromatic rings. The van der Waals surface area contributed by atoms with Gasteiger partial charge in [-0.25, -0.2) is 9.37 Å². The molecule has 4 rings (SSSR count). The molecule has 9 nitrogen and oxygen atoms in total. The monoisotopic (exact) mass is 413 g/mol. The summed E-state index contributed by atoms with van der Waals surface area (Å²) in [5.41, 5.74) is -0.218. The third-order valence-corrected chi connectivity index (χ3v) is 4.98. The molecule has 0 unspecified atom stereocenters. The molecule has 2 aromatic heterocycles.